The van der Waals surface area contributed by atoms with Gasteiger partial charge in [-0.15, -0.1) is 0 Å². The van der Waals surface area contributed by atoms with E-state index in [1.807, 2.05) is 0 Å². The molecule has 0 unspecified atom stereocenters. The summed E-state index contributed by atoms with van der Waals surface area (Å²) < 4.78 is 5.45. The molecule has 1 N–H and O–H groups in total. The number of fused-ring (bicyclic) bond motifs is 1. The van der Waals surface area contributed by atoms with E-state index in [-0.39, 0.29) is 0 Å². The van der Waals surface area contributed by atoms with Crippen molar-refractivity contribution in [1.29, 1.82) is 0 Å². The summed E-state index contributed by atoms with van der Waals surface area (Å²) in [6.07, 6.45) is 1.96. The smallest absolute Gasteiger partial charge is 0.143 e. The van der Waals surface area contributed by atoms with Crippen LogP contribution >= 0.6 is 0 Å². The molecule has 1 aromatic heterocycles. The van der Waals surface area contributed by atoms with E-state index in [0.717, 1.165) is 37.4 Å². The number of hydrogen-bond donors (Lipinski definition) is 1. The predicted octanol–water partition coefficient (Wildman–Crippen LogP) is 2.55. The first-order valence-corrected chi connectivity index (χ1v) is 6.16. The van der Waals surface area contributed by atoms with E-state index in [2.05, 4.69) is 41.7 Å². The quantitative estimate of drug-likeness (QED) is 0.858. The second-order valence-electron chi connectivity index (χ2n) is 4.37. The summed E-state index contributed by atoms with van der Waals surface area (Å²) in [7, 11) is 0. The fraction of sp³-hybridized carbons (Fsp3) is 0.357. The van der Waals surface area contributed by atoms with E-state index < -0.39 is 0 Å². The highest BCUT2D eigenvalue weighted by Crippen LogP contribution is 2.30. The standard InChI is InChI=1S/C14H16N2O/c1-2-10-5-3-4-6-11(10)14-12-9-15-8-7-13(12)17-16-14/h3-6,15H,2,7-9H2,1H3. The average Bonchev–Trinajstić information content (AvgIpc) is 2.82. The van der Waals surface area contributed by atoms with Gasteiger partial charge >= 0.3 is 0 Å². The van der Waals surface area contributed by atoms with Gasteiger partial charge in [-0.2, -0.15) is 0 Å². The van der Waals surface area contributed by atoms with Crippen molar-refractivity contribution in [2.45, 2.75) is 26.3 Å². The van der Waals surface area contributed by atoms with Crippen molar-refractivity contribution in [3.05, 3.63) is 41.2 Å². The molecule has 0 saturated carbocycles. The number of hydrogen-bond acceptors (Lipinski definition) is 3. The van der Waals surface area contributed by atoms with E-state index in [4.69, 9.17) is 4.52 Å². The Morgan fingerprint density at radius 1 is 1.35 bits per heavy atom. The minimum Gasteiger partial charge on any atom is -0.360 e. The van der Waals surface area contributed by atoms with Crippen molar-refractivity contribution in [3.8, 4) is 11.3 Å². The van der Waals surface area contributed by atoms with Crippen LogP contribution in [0.5, 0.6) is 0 Å². The third kappa shape index (κ3) is 1.76. The molecule has 0 aliphatic carbocycles. The molecule has 3 nitrogen and oxygen atoms in total. The molecule has 1 aliphatic rings. The molecule has 3 rings (SSSR count). The Bertz CT molecular complexity index is 531. The normalized spacial score (nSPS) is 14.6. The minimum absolute atomic E-state index is 0.867. The number of nitrogens with one attached hydrogen (secondary N) is 1. The second kappa shape index (κ2) is 4.34. The lowest BCUT2D eigenvalue weighted by molar-refractivity contribution is 0.374. The molecule has 0 bridgehead atoms. The van der Waals surface area contributed by atoms with E-state index in [9.17, 15) is 0 Å². The van der Waals surface area contributed by atoms with Crippen LogP contribution in [0.25, 0.3) is 11.3 Å². The summed E-state index contributed by atoms with van der Waals surface area (Å²) in [6, 6.07) is 8.43. The summed E-state index contributed by atoms with van der Waals surface area (Å²) in [4.78, 5) is 0. The first-order valence-electron chi connectivity index (χ1n) is 6.16. The van der Waals surface area contributed by atoms with Crippen molar-refractivity contribution in [2.24, 2.45) is 0 Å². The summed E-state index contributed by atoms with van der Waals surface area (Å²) in [5.41, 5.74) is 4.79. The minimum atomic E-state index is 0.867. The molecule has 2 aromatic rings. The molecule has 0 fully saturated rings. The Hall–Kier alpha value is -1.61. The van der Waals surface area contributed by atoms with Crippen molar-refractivity contribution >= 4 is 0 Å². The van der Waals surface area contributed by atoms with E-state index in [0.29, 0.717) is 0 Å². The van der Waals surface area contributed by atoms with Crippen LogP contribution in [0.3, 0.4) is 0 Å². The molecular weight excluding hydrogens is 212 g/mol. The van der Waals surface area contributed by atoms with E-state index >= 15 is 0 Å². The molecule has 1 aliphatic heterocycles. The molecule has 0 saturated heterocycles. The zero-order chi connectivity index (χ0) is 11.7. The molecule has 1 aromatic carbocycles. The van der Waals surface area contributed by atoms with Crippen LogP contribution < -0.4 is 5.32 Å². The summed E-state index contributed by atoms with van der Waals surface area (Å²) in [5.74, 6) is 1.05. The number of rotatable bonds is 2. The summed E-state index contributed by atoms with van der Waals surface area (Å²) >= 11 is 0. The molecule has 0 radical (unpaired) electrons. The Labute approximate surface area is 101 Å². The van der Waals surface area contributed by atoms with E-state index in [1.165, 1.54) is 16.7 Å². The van der Waals surface area contributed by atoms with Gasteiger partial charge < -0.3 is 9.84 Å². The first-order chi connectivity index (χ1) is 8.40. The number of benzene rings is 1. The van der Waals surface area contributed by atoms with Gasteiger partial charge in [0.1, 0.15) is 11.5 Å². The largest absolute Gasteiger partial charge is 0.360 e. The van der Waals surface area contributed by atoms with Gasteiger partial charge in [0, 0.05) is 30.6 Å². The highest BCUT2D eigenvalue weighted by Gasteiger charge is 2.21. The van der Waals surface area contributed by atoms with Crippen molar-refractivity contribution in [1.82, 2.24) is 10.5 Å². The second-order valence-corrected chi connectivity index (χ2v) is 4.37. The summed E-state index contributed by atoms with van der Waals surface area (Å²) in [5, 5.41) is 7.64. The van der Waals surface area contributed by atoms with Gasteiger partial charge in [-0.25, -0.2) is 0 Å². The maximum atomic E-state index is 5.45. The average molecular weight is 228 g/mol. The Kier molecular flexibility index (Phi) is 2.69. The van der Waals surface area contributed by atoms with Gasteiger partial charge in [-0.1, -0.05) is 36.3 Å². The third-order valence-corrected chi connectivity index (χ3v) is 3.35. The zero-order valence-electron chi connectivity index (χ0n) is 9.99. The molecule has 2 heterocycles. The lowest BCUT2D eigenvalue weighted by Gasteiger charge is -2.12. The number of nitrogens with zero attached hydrogens (tertiary/aromatic N) is 1. The highest BCUT2D eigenvalue weighted by atomic mass is 16.5. The lowest BCUT2D eigenvalue weighted by Crippen LogP contribution is -2.22. The Morgan fingerprint density at radius 3 is 3.12 bits per heavy atom. The lowest BCUT2D eigenvalue weighted by atomic mass is 9.97. The van der Waals surface area contributed by atoms with Crippen LogP contribution in [0, 0.1) is 0 Å². The Balaban J connectivity index is 2.12. The van der Waals surface area contributed by atoms with Crippen molar-refractivity contribution in [2.75, 3.05) is 6.54 Å². The SMILES string of the molecule is CCc1ccccc1-c1noc2c1CNCC2. The highest BCUT2D eigenvalue weighted by molar-refractivity contribution is 5.67. The molecule has 0 amide bonds. The third-order valence-electron chi connectivity index (χ3n) is 3.35. The van der Waals surface area contributed by atoms with Crippen LogP contribution in [0.2, 0.25) is 0 Å². The molecule has 3 heteroatoms. The van der Waals surface area contributed by atoms with Gasteiger partial charge in [-0.3, -0.25) is 0 Å². The first kappa shape index (κ1) is 10.5. The number of aromatic nitrogens is 1. The molecule has 0 spiro atoms. The summed E-state index contributed by atoms with van der Waals surface area (Å²) in [6.45, 7) is 4.02. The maximum Gasteiger partial charge on any atom is 0.143 e. The topological polar surface area (TPSA) is 38.1 Å². The fourth-order valence-corrected chi connectivity index (χ4v) is 2.41. The van der Waals surface area contributed by atoms with Gasteiger partial charge in [-0.05, 0) is 12.0 Å². The van der Waals surface area contributed by atoms with Crippen molar-refractivity contribution < 1.29 is 4.52 Å². The molecular formula is C14H16N2O. The van der Waals surface area contributed by atoms with Gasteiger partial charge in [0.2, 0.25) is 0 Å². The Morgan fingerprint density at radius 2 is 2.24 bits per heavy atom. The maximum absolute atomic E-state index is 5.45. The van der Waals surface area contributed by atoms with E-state index in [1.54, 1.807) is 0 Å². The fourth-order valence-electron chi connectivity index (χ4n) is 2.41. The molecule has 0 atom stereocenters. The van der Waals surface area contributed by atoms with Crippen LogP contribution in [0.1, 0.15) is 23.8 Å². The van der Waals surface area contributed by atoms with Gasteiger partial charge in [0.25, 0.3) is 0 Å². The molecule has 17 heavy (non-hydrogen) atoms. The zero-order valence-corrected chi connectivity index (χ0v) is 9.99. The van der Waals surface area contributed by atoms with Crippen LogP contribution in [-0.2, 0) is 19.4 Å². The monoisotopic (exact) mass is 228 g/mol. The molecule has 88 valence electrons. The van der Waals surface area contributed by atoms with Gasteiger partial charge in [0.15, 0.2) is 0 Å². The van der Waals surface area contributed by atoms with Crippen LogP contribution in [-0.4, -0.2) is 11.7 Å². The van der Waals surface area contributed by atoms with Crippen molar-refractivity contribution in [3.63, 3.8) is 0 Å². The number of aryl methyl sites for hydroxylation is 1. The predicted molar refractivity (Wildman–Crippen MR) is 66.7 cm³/mol. The van der Waals surface area contributed by atoms with Gasteiger partial charge in [0.05, 0.1) is 0 Å². The van der Waals surface area contributed by atoms with Crippen LogP contribution in [0.15, 0.2) is 28.8 Å². The van der Waals surface area contributed by atoms with Crippen LogP contribution in [0.4, 0.5) is 0 Å².